The number of nitrogens with one attached hydrogen (secondary N) is 1. The van der Waals surface area contributed by atoms with Crippen LogP contribution in [0.5, 0.6) is 5.75 Å². The third-order valence-electron chi connectivity index (χ3n) is 6.02. The summed E-state index contributed by atoms with van der Waals surface area (Å²) in [6.07, 6.45) is 1.23. The molecule has 8 nitrogen and oxygen atoms in total. The van der Waals surface area contributed by atoms with Crippen LogP contribution in [-0.4, -0.2) is 46.6 Å². The van der Waals surface area contributed by atoms with Crippen LogP contribution >= 0.6 is 0 Å². The first-order valence-electron chi connectivity index (χ1n) is 10.7. The molecule has 4 rings (SSSR count). The van der Waals surface area contributed by atoms with Gasteiger partial charge in [0, 0.05) is 42.1 Å². The van der Waals surface area contributed by atoms with E-state index in [1.54, 1.807) is 20.1 Å². The number of carbonyl (C=O) groups excluding carboxylic acids is 2. The number of aromatic nitrogens is 2. The lowest BCUT2D eigenvalue weighted by Gasteiger charge is -2.31. The predicted molar refractivity (Wildman–Crippen MR) is 120 cm³/mol. The van der Waals surface area contributed by atoms with E-state index in [2.05, 4.69) is 15.0 Å². The summed E-state index contributed by atoms with van der Waals surface area (Å²) in [5.41, 5.74) is 3.57. The van der Waals surface area contributed by atoms with Crippen LogP contribution in [0.4, 0.5) is 5.82 Å². The molecule has 0 aliphatic carbocycles. The fourth-order valence-electron chi connectivity index (χ4n) is 4.28. The normalized spacial score (nSPS) is 14.4. The molecular weight excluding hydrogens is 408 g/mol. The van der Waals surface area contributed by atoms with E-state index in [1.807, 2.05) is 49.1 Å². The van der Waals surface area contributed by atoms with E-state index >= 15 is 0 Å². The second kappa shape index (κ2) is 8.90. The van der Waals surface area contributed by atoms with E-state index in [0.29, 0.717) is 43.1 Å². The van der Waals surface area contributed by atoms with Gasteiger partial charge in [-0.25, -0.2) is 0 Å². The Hall–Kier alpha value is -3.55. The van der Waals surface area contributed by atoms with E-state index in [4.69, 9.17) is 9.26 Å². The Morgan fingerprint density at radius 1 is 1.09 bits per heavy atom. The molecule has 32 heavy (non-hydrogen) atoms. The Morgan fingerprint density at radius 3 is 2.38 bits per heavy atom. The molecule has 0 unspecified atom stereocenters. The van der Waals surface area contributed by atoms with Gasteiger partial charge < -0.3 is 24.0 Å². The van der Waals surface area contributed by atoms with Crippen LogP contribution in [0.2, 0.25) is 0 Å². The van der Waals surface area contributed by atoms with Gasteiger partial charge >= 0.3 is 0 Å². The Kier molecular flexibility index (Phi) is 6.03. The molecule has 0 spiro atoms. The SMILES string of the molecule is COc1ccc(-n2c(C)cc(C(=O)N3CCC(C(=O)Nc4cc(C)on4)CC3)c2C)cc1. The number of anilines is 1. The molecule has 1 N–H and O–H groups in total. The molecule has 168 valence electrons. The van der Waals surface area contributed by atoms with Crippen molar-refractivity contribution in [2.24, 2.45) is 5.92 Å². The molecule has 2 amide bonds. The summed E-state index contributed by atoms with van der Waals surface area (Å²) in [4.78, 5) is 27.6. The molecule has 0 radical (unpaired) electrons. The van der Waals surface area contributed by atoms with Crippen molar-refractivity contribution < 1.29 is 18.8 Å². The Bertz CT molecular complexity index is 1120. The highest BCUT2D eigenvalue weighted by atomic mass is 16.5. The summed E-state index contributed by atoms with van der Waals surface area (Å²) < 4.78 is 12.3. The van der Waals surface area contributed by atoms with Gasteiger partial charge in [-0.2, -0.15) is 0 Å². The first-order chi connectivity index (χ1) is 15.4. The van der Waals surface area contributed by atoms with Crippen LogP contribution in [0.3, 0.4) is 0 Å². The number of amides is 2. The Morgan fingerprint density at radius 2 is 1.78 bits per heavy atom. The number of hydrogen-bond acceptors (Lipinski definition) is 5. The quantitative estimate of drug-likeness (QED) is 0.655. The lowest BCUT2D eigenvalue weighted by Crippen LogP contribution is -2.41. The van der Waals surface area contributed by atoms with Crippen LogP contribution in [0.1, 0.15) is 40.3 Å². The van der Waals surface area contributed by atoms with Crippen molar-refractivity contribution in [3.05, 3.63) is 59.1 Å². The van der Waals surface area contributed by atoms with E-state index in [1.165, 1.54) is 0 Å². The number of piperidine rings is 1. The third kappa shape index (κ3) is 4.26. The number of carbonyl (C=O) groups is 2. The van der Waals surface area contributed by atoms with Crippen LogP contribution < -0.4 is 10.1 Å². The van der Waals surface area contributed by atoms with Crippen LogP contribution in [0.15, 0.2) is 40.9 Å². The summed E-state index contributed by atoms with van der Waals surface area (Å²) in [6.45, 7) is 6.82. The molecule has 1 aromatic carbocycles. The molecule has 3 heterocycles. The number of nitrogens with zero attached hydrogens (tertiary/aromatic N) is 3. The highest BCUT2D eigenvalue weighted by molar-refractivity contribution is 5.96. The molecule has 1 aliphatic heterocycles. The fraction of sp³-hybridized carbons (Fsp3) is 0.375. The number of hydrogen-bond donors (Lipinski definition) is 1. The largest absolute Gasteiger partial charge is 0.497 e. The Balaban J connectivity index is 1.42. The molecule has 0 atom stereocenters. The van der Waals surface area contributed by atoms with E-state index < -0.39 is 0 Å². The maximum atomic E-state index is 13.3. The molecular formula is C24H28N4O4. The van der Waals surface area contributed by atoms with Gasteiger partial charge in [0.2, 0.25) is 5.91 Å². The van der Waals surface area contributed by atoms with E-state index in [-0.39, 0.29) is 17.7 Å². The van der Waals surface area contributed by atoms with Crippen molar-refractivity contribution >= 4 is 17.6 Å². The number of ether oxygens (including phenoxy) is 1. The van der Waals surface area contributed by atoms with Crippen LogP contribution in [0, 0.1) is 26.7 Å². The average molecular weight is 437 g/mol. The lowest BCUT2D eigenvalue weighted by molar-refractivity contribution is -0.121. The highest BCUT2D eigenvalue weighted by Crippen LogP contribution is 2.26. The second-order valence-electron chi connectivity index (χ2n) is 8.20. The molecule has 2 aromatic heterocycles. The third-order valence-corrected chi connectivity index (χ3v) is 6.02. The minimum absolute atomic E-state index is 0.00356. The minimum atomic E-state index is -0.150. The highest BCUT2D eigenvalue weighted by Gasteiger charge is 2.30. The molecule has 1 saturated heterocycles. The van der Waals surface area contributed by atoms with Gasteiger partial charge in [0.1, 0.15) is 11.5 Å². The summed E-state index contributed by atoms with van der Waals surface area (Å²) in [5, 5.41) is 6.60. The van der Waals surface area contributed by atoms with Crippen molar-refractivity contribution in [3.8, 4) is 11.4 Å². The zero-order chi connectivity index (χ0) is 22.8. The zero-order valence-corrected chi connectivity index (χ0v) is 18.8. The first-order valence-corrected chi connectivity index (χ1v) is 10.7. The summed E-state index contributed by atoms with van der Waals surface area (Å²) >= 11 is 0. The van der Waals surface area contributed by atoms with Crippen LogP contribution in [-0.2, 0) is 4.79 Å². The van der Waals surface area contributed by atoms with Gasteiger partial charge in [0.05, 0.1) is 12.7 Å². The number of methoxy groups -OCH3 is 1. The average Bonchev–Trinajstić information content (AvgIpc) is 3.34. The molecule has 0 saturated carbocycles. The van der Waals surface area contributed by atoms with E-state index in [9.17, 15) is 9.59 Å². The lowest BCUT2D eigenvalue weighted by atomic mass is 9.95. The van der Waals surface area contributed by atoms with Gasteiger partial charge in [0.15, 0.2) is 5.82 Å². The van der Waals surface area contributed by atoms with Crippen molar-refractivity contribution in [1.82, 2.24) is 14.6 Å². The van der Waals surface area contributed by atoms with Gasteiger partial charge in [-0.05, 0) is 63.9 Å². The molecule has 1 fully saturated rings. The Labute approximate surface area is 187 Å². The van der Waals surface area contributed by atoms with Crippen molar-refractivity contribution in [2.75, 3.05) is 25.5 Å². The van der Waals surface area contributed by atoms with Gasteiger partial charge in [-0.1, -0.05) is 5.16 Å². The predicted octanol–water partition coefficient (Wildman–Crippen LogP) is 3.89. The monoisotopic (exact) mass is 436 g/mol. The maximum absolute atomic E-state index is 13.3. The van der Waals surface area contributed by atoms with Crippen LogP contribution in [0.25, 0.3) is 5.69 Å². The van der Waals surface area contributed by atoms with Crippen molar-refractivity contribution in [2.45, 2.75) is 33.6 Å². The first kappa shape index (κ1) is 21.7. The number of aryl methyl sites for hydroxylation is 2. The van der Waals surface area contributed by atoms with Gasteiger partial charge in [-0.15, -0.1) is 0 Å². The van der Waals surface area contributed by atoms with Crippen molar-refractivity contribution in [3.63, 3.8) is 0 Å². The fourth-order valence-corrected chi connectivity index (χ4v) is 4.28. The van der Waals surface area contributed by atoms with E-state index in [0.717, 1.165) is 22.8 Å². The second-order valence-corrected chi connectivity index (χ2v) is 8.20. The molecule has 1 aliphatic rings. The summed E-state index contributed by atoms with van der Waals surface area (Å²) in [6, 6.07) is 11.4. The number of benzene rings is 1. The van der Waals surface area contributed by atoms with Gasteiger partial charge in [-0.3, -0.25) is 9.59 Å². The smallest absolute Gasteiger partial charge is 0.255 e. The zero-order valence-electron chi connectivity index (χ0n) is 18.8. The molecule has 8 heteroatoms. The molecule has 0 bridgehead atoms. The number of likely N-dealkylation sites (tertiary alicyclic amines) is 1. The molecule has 3 aromatic rings. The number of rotatable bonds is 5. The van der Waals surface area contributed by atoms with Gasteiger partial charge in [0.25, 0.3) is 5.91 Å². The standard InChI is InChI=1S/C24H28N4O4/c1-15-13-21(17(3)28(15)19-5-7-20(31-4)8-6-19)24(30)27-11-9-18(10-12-27)23(29)25-22-14-16(2)32-26-22/h5-8,13-14,18H,9-12H2,1-4H3,(H,25,26,29). The maximum Gasteiger partial charge on any atom is 0.255 e. The summed E-state index contributed by atoms with van der Waals surface area (Å²) in [5.74, 6) is 1.64. The van der Waals surface area contributed by atoms with Crippen molar-refractivity contribution in [1.29, 1.82) is 0 Å². The summed E-state index contributed by atoms with van der Waals surface area (Å²) in [7, 11) is 1.64. The topological polar surface area (TPSA) is 89.6 Å². The minimum Gasteiger partial charge on any atom is -0.497 e.